The number of hydrogen-bond acceptors (Lipinski definition) is 5. The van der Waals surface area contributed by atoms with Crippen molar-refractivity contribution in [1.29, 1.82) is 0 Å². The quantitative estimate of drug-likeness (QED) is 0.666. The highest BCUT2D eigenvalue weighted by atomic mass is 16.3. The molecular formula is C15H16N2O4. The van der Waals surface area contributed by atoms with Gasteiger partial charge in [0.2, 0.25) is 5.78 Å². The molecule has 1 aliphatic carbocycles. The molecule has 3 N–H and O–H groups in total. The summed E-state index contributed by atoms with van der Waals surface area (Å²) in [7, 11) is 1.68. The fraction of sp³-hybridized carbons (Fsp3) is 0.333. The maximum absolute atomic E-state index is 12.6. The molecule has 0 amide bonds. The van der Waals surface area contributed by atoms with Crippen LogP contribution < -0.4 is 5.32 Å². The van der Waals surface area contributed by atoms with Crippen LogP contribution in [0.3, 0.4) is 0 Å². The molecule has 2 aliphatic rings. The van der Waals surface area contributed by atoms with Gasteiger partial charge in [-0.3, -0.25) is 9.59 Å². The van der Waals surface area contributed by atoms with Gasteiger partial charge in [-0.1, -0.05) is 6.08 Å². The largest absolute Gasteiger partial charge is 0.392 e. The van der Waals surface area contributed by atoms with Crippen LogP contribution in [0.1, 0.15) is 32.1 Å². The summed E-state index contributed by atoms with van der Waals surface area (Å²) in [5.41, 5.74) is 2.05. The number of fused-ring (bicyclic) bond motifs is 1. The SMILES string of the molecule is Cn1c(/C=C/CO)c(CO)c2c1C(=O)C=C(C1CN1)C2=O. The molecule has 3 rings (SSSR count). The van der Waals surface area contributed by atoms with E-state index >= 15 is 0 Å². The topological polar surface area (TPSA) is 101 Å². The Balaban J connectivity index is 2.19. The third-order valence-corrected chi connectivity index (χ3v) is 3.88. The zero-order chi connectivity index (χ0) is 15.1. The molecule has 1 atom stereocenters. The third kappa shape index (κ3) is 2.08. The number of aromatic nitrogens is 1. The summed E-state index contributed by atoms with van der Waals surface area (Å²) < 4.78 is 1.60. The molecular weight excluding hydrogens is 272 g/mol. The number of aliphatic hydroxyl groups is 2. The third-order valence-electron chi connectivity index (χ3n) is 3.88. The molecule has 0 spiro atoms. The van der Waals surface area contributed by atoms with Crippen molar-refractivity contribution in [1.82, 2.24) is 9.88 Å². The Hall–Kier alpha value is -2.02. The number of allylic oxidation sites excluding steroid dienone is 1. The van der Waals surface area contributed by atoms with Crippen LogP contribution in [0.2, 0.25) is 0 Å². The minimum atomic E-state index is -0.335. The van der Waals surface area contributed by atoms with E-state index in [-0.39, 0.29) is 36.4 Å². The Labute approximate surface area is 121 Å². The maximum Gasteiger partial charge on any atom is 0.203 e. The summed E-state index contributed by atoms with van der Waals surface area (Å²) >= 11 is 0. The van der Waals surface area contributed by atoms with Crippen LogP contribution in [0, 0.1) is 0 Å². The van der Waals surface area contributed by atoms with Crippen LogP contribution in [0.15, 0.2) is 17.7 Å². The zero-order valence-corrected chi connectivity index (χ0v) is 11.6. The first-order chi connectivity index (χ1) is 10.1. The lowest BCUT2D eigenvalue weighted by atomic mass is 9.90. The molecule has 21 heavy (non-hydrogen) atoms. The van der Waals surface area contributed by atoms with Gasteiger partial charge in [-0.2, -0.15) is 0 Å². The predicted molar refractivity (Wildman–Crippen MR) is 76.0 cm³/mol. The fourth-order valence-corrected chi connectivity index (χ4v) is 2.79. The van der Waals surface area contributed by atoms with Gasteiger partial charge < -0.3 is 20.1 Å². The van der Waals surface area contributed by atoms with Crippen LogP contribution in [0.25, 0.3) is 6.08 Å². The number of rotatable bonds is 4. The van der Waals surface area contributed by atoms with Crippen molar-refractivity contribution in [3.05, 3.63) is 40.2 Å². The van der Waals surface area contributed by atoms with Crippen LogP contribution in [-0.2, 0) is 13.7 Å². The number of nitrogens with zero attached hydrogens (tertiary/aromatic N) is 1. The molecule has 1 aliphatic heterocycles. The number of carbonyl (C=O) groups excluding carboxylic acids is 2. The molecule has 0 saturated carbocycles. The van der Waals surface area contributed by atoms with Gasteiger partial charge in [-0.15, -0.1) is 0 Å². The van der Waals surface area contributed by atoms with E-state index in [9.17, 15) is 14.7 Å². The van der Waals surface area contributed by atoms with Gasteiger partial charge >= 0.3 is 0 Å². The first-order valence-electron chi connectivity index (χ1n) is 6.74. The molecule has 6 heteroatoms. The Morgan fingerprint density at radius 3 is 2.71 bits per heavy atom. The highest BCUT2D eigenvalue weighted by Crippen LogP contribution is 2.32. The number of nitrogens with one attached hydrogen (secondary N) is 1. The lowest BCUT2D eigenvalue weighted by Crippen LogP contribution is -2.22. The molecule has 2 heterocycles. The Bertz CT molecular complexity index is 693. The van der Waals surface area contributed by atoms with Crippen LogP contribution in [-0.4, -0.2) is 45.5 Å². The summed E-state index contributed by atoms with van der Waals surface area (Å²) in [5.74, 6) is -0.433. The molecule has 1 aromatic heterocycles. The second-order valence-corrected chi connectivity index (χ2v) is 5.14. The highest BCUT2D eigenvalue weighted by molar-refractivity contribution is 6.25. The van der Waals surface area contributed by atoms with E-state index in [0.717, 1.165) is 0 Å². The van der Waals surface area contributed by atoms with Gasteiger partial charge in [0.05, 0.1) is 18.8 Å². The number of carbonyl (C=O) groups is 2. The summed E-state index contributed by atoms with van der Waals surface area (Å²) in [4.78, 5) is 24.9. The van der Waals surface area contributed by atoms with E-state index in [0.29, 0.717) is 29.1 Å². The molecule has 110 valence electrons. The normalized spacial score (nSPS) is 20.9. The van der Waals surface area contributed by atoms with Gasteiger partial charge in [-0.05, 0) is 12.2 Å². The summed E-state index contributed by atoms with van der Waals surface area (Å²) in [6.45, 7) is 0.204. The van der Waals surface area contributed by atoms with Crippen molar-refractivity contribution in [2.24, 2.45) is 7.05 Å². The second kappa shape index (κ2) is 5.07. The minimum Gasteiger partial charge on any atom is -0.392 e. The number of ketones is 2. The number of aliphatic hydroxyl groups excluding tert-OH is 2. The van der Waals surface area contributed by atoms with Crippen molar-refractivity contribution in [3.8, 4) is 0 Å². The summed E-state index contributed by atoms with van der Waals surface area (Å²) in [6.07, 6.45) is 4.50. The summed E-state index contributed by atoms with van der Waals surface area (Å²) in [6, 6.07) is -0.0576. The molecule has 6 nitrogen and oxygen atoms in total. The zero-order valence-electron chi connectivity index (χ0n) is 11.6. The molecule has 0 bridgehead atoms. The maximum atomic E-state index is 12.6. The lowest BCUT2D eigenvalue weighted by molar-refractivity contribution is 0.0976. The van der Waals surface area contributed by atoms with E-state index in [2.05, 4.69) is 5.32 Å². The van der Waals surface area contributed by atoms with E-state index < -0.39 is 0 Å². The van der Waals surface area contributed by atoms with Gasteiger partial charge in [0.25, 0.3) is 0 Å². The van der Waals surface area contributed by atoms with E-state index in [1.54, 1.807) is 17.7 Å². The minimum absolute atomic E-state index is 0.0576. The van der Waals surface area contributed by atoms with Gasteiger partial charge in [0.1, 0.15) is 5.69 Å². The van der Waals surface area contributed by atoms with Crippen molar-refractivity contribution in [3.63, 3.8) is 0 Å². The predicted octanol–water partition coefficient (Wildman–Crippen LogP) is -0.200. The van der Waals surface area contributed by atoms with Crippen LogP contribution in [0.5, 0.6) is 0 Å². The standard InChI is InChI=1S/C15H16N2O4/c1-17-11(3-2-4-18)9(7-19)13-14(17)12(20)5-8(15(13)21)10-6-16-10/h2-3,5,10,16,18-19H,4,6-7H2,1H3/b3-2+. The van der Waals surface area contributed by atoms with Crippen molar-refractivity contribution < 1.29 is 19.8 Å². The smallest absolute Gasteiger partial charge is 0.203 e. The van der Waals surface area contributed by atoms with E-state index in [1.807, 2.05) is 0 Å². The lowest BCUT2D eigenvalue weighted by Gasteiger charge is -2.13. The van der Waals surface area contributed by atoms with Crippen LogP contribution >= 0.6 is 0 Å². The number of Topliss-reactive ketones (excluding diaryl/α,β-unsaturated/α-hetero) is 1. The van der Waals surface area contributed by atoms with Crippen molar-refractivity contribution >= 4 is 17.6 Å². The van der Waals surface area contributed by atoms with Crippen LogP contribution in [0.4, 0.5) is 0 Å². The molecule has 0 radical (unpaired) electrons. The Morgan fingerprint density at radius 1 is 1.43 bits per heavy atom. The van der Waals surface area contributed by atoms with E-state index in [1.165, 1.54) is 12.2 Å². The molecule has 1 fully saturated rings. The highest BCUT2D eigenvalue weighted by Gasteiger charge is 2.39. The van der Waals surface area contributed by atoms with Crippen molar-refractivity contribution in [2.45, 2.75) is 12.6 Å². The molecule has 1 unspecified atom stereocenters. The number of hydrogen-bond donors (Lipinski definition) is 3. The van der Waals surface area contributed by atoms with Gasteiger partial charge in [-0.25, -0.2) is 0 Å². The molecule has 0 aromatic carbocycles. The summed E-state index contributed by atoms with van der Waals surface area (Å²) in [5, 5.41) is 21.5. The average Bonchev–Trinajstić information content (AvgIpc) is 3.25. The fourth-order valence-electron chi connectivity index (χ4n) is 2.79. The monoisotopic (exact) mass is 288 g/mol. The Kier molecular flexibility index (Phi) is 3.36. The van der Waals surface area contributed by atoms with E-state index in [4.69, 9.17) is 5.11 Å². The van der Waals surface area contributed by atoms with Gasteiger partial charge in [0, 0.05) is 36.5 Å². The van der Waals surface area contributed by atoms with Crippen molar-refractivity contribution in [2.75, 3.05) is 13.2 Å². The van der Waals surface area contributed by atoms with Gasteiger partial charge in [0.15, 0.2) is 5.78 Å². The second-order valence-electron chi connectivity index (χ2n) is 5.14. The molecule has 1 saturated heterocycles. The average molecular weight is 288 g/mol. The first kappa shape index (κ1) is 13.9. The first-order valence-corrected chi connectivity index (χ1v) is 6.74. The Morgan fingerprint density at radius 2 is 2.14 bits per heavy atom. The molecule has 1 aromatic rings.